The third-order valence-electron chi connectivity index (χ3n) is 3.74. The molecule has 2 heterocycles. The van der Waals surface area contributed by atoms with Crippen molar-refractivity contribution < 1.29 is 14.3 Å². The molecule has 0 radical (unpaired) electrons. The molecular weight excluding hydrogens is 394 g/mol. The van der Waals surface area contributed by atoms with Crippen molar-refractivity contribution in [3.8, 4) is 0 Å². The molecule has 2 amide bonds. The van der Waals surface area contributed by atoms with Crippen molar-refractivity contribution in [2.45, 2.75) is 59.0 Å². The van der Waals surface area contributed by atoms with Gasteiger partial charge in [-0.05, 0) is 70.4 Å². The Labute approximate surface area is 174 Å². The minimum absolute atomic E-state index is 0.129. The predicted octanol–water partition coefficient (Wildman–Crippen LogP) is 3.87. The lowest BCUT2D eigenvalue weighted by Crippen LogP contribution is -2.40. The molecule has 0 saturated carbocycles. The third-order valence-corrected chi connectivity index (χ3v) is 5.61. The van der Waals surface area contributed by atoms with Gasteiger partial charge in [-0.2, -0.15) is 0 Å². The first kappa shape index (κ1) is 22.4. The van der Waals surface area contributed by atoms with E-state index in [0.29, 0.717) is 6.54 Å². The van der Waals surface area contributed by atoms with Crippen LogP contribution in [0.5, 0.6) is 0 Å². The molecule has 2 rings (SSSR count). The molecule has 0 spiro atoms. The summed E-state index contributed by atoms with van der Waals surface area (Å²) in [4.78, 5) is 29.1. The first-order valence-corrected chi connectivity index (χ1v) is 11.2. The summed E-state index contributed by atoms with van der Waals surface area (Å²) in [5, 5.41) is 10.7. The molecule has 0 bridgehead atoms. The van der Waals surface area contributed by atoms with Crippen LogP contribution in [0, 0.1) is 6.92 Å². The molecule has 0 aliphatic carbocycles. The summed E-state index contributed by atoms with van der Waals surface area (Å²) in [6, 6.07) is 1.89. The number of amides is 2. The monoisotopic (exact) mass is 423 g/mol. The standard InChI is InChI=1S/C20H29N3O3S2/c1-14-23-16(13-27-14)7-8-17-10-15(12-28-17)6-5-9-21-19(25)22-11-18(24)26-20(2,3)4/h10,12-13H,5-9,11H2,1-4H3,(H2,21,22,25). The van der Waals surface area contributed by atoms with Gasteiger partial charge < -0.3 is 15.4 Å². The molecule has 2 aromatic rings. The van der Waals surface area contributed by atoms with Gasteiger partial charge in [0, 0.05) is 16.8 Å². The van der Waals surface area contributed by atoms with Crippen molar-refractivity contribution >= 4 is 34.7 Å². The second-order valence-corrected chi connectivity index (χ2v) is 9.64. The van der Waals surface area contributed by atoms with Crippen molar-refractivity contribution in [3.63, 3.8) is 0 Å². The first-order valence-electron chi connectivity index (χ1n) is 9.42. The van der Waals surface area contributed by atoms with Crippen molar-refractivity contribution in [2.24, 2.45) is 0 Å². The minimum Gasteiger partial charge on any atom is -0.459 e. The number of urea groups is 1. The topological polar surface area (TPSA) is 80.3 Å². The highest BCUT2D eigenvalue weighted by atomic mass is 32.1. The third kappa shape index (κ3) is 8.84. The molecule has 0 atom stereocenters. The van der Waals surface area contributed by atoms with Gasteiger partial charge in [0.25, 0.3) is 0 Å². The fourth-order valence-corrected chi connectivity index (χ4v) is 4.12. The number of carbonyl (C=O) groups is 2. The van der Waals surface area contributed by atoms with E-state index in [4.69, 9.17) is 4.74 Å². The Hall–Kier alpha value is -1.93. The zero-order valence-corrected chi connectivity index (χ0v) is 18.6. The van der Waals surface area contributed by atoms with E-state index in [2.05, 4.69) is 32.4 Å². The van der Waals surface area contributed by atoms with Crippen LogP contribution in [0.3, 0.4) is 0 Å². The number of ether oxygens (including phenoxy) is 1. The minimum atomic E-state index is -0.548. The van der Waals surface area contributed by atoms with E-state index in [9.17, 15) is 9.59 Å². The largest absolute Gasteiger partial charge is 0.459 e. The quantitative estimate of drug-likeness (QED) is 0.474. The highest BCUT2D eigenvalue weighted by Crippen LogP contribution is 2.19. The van der Waals surface area contributed by atoms with E-state index >= 15 is 0 Å². The number of nitrogens with zero attached hydrogens (tertiary/aromatic N) is 1. The summed E-state index contributed by atoms with van der Waals surface area (Å²) in [5.41, 5.74) is 1.91. The maximum Gasteiger partial charge on any atom is 0.325 e. The fourth-order valence-electron chi connectivity index (χ4n) is 2.55. The van der Waals surface area contributed by atoms with Gasteiger partial charge in [0.05, 0.1) is 10.7 Å². The summed E-state index contributed by atoms with van der Waals surface area (Å²) < 4.78 is 5.14. The van der Waals surface area contributed by atoms with Crippen molar-refractivity contribution in [1.29, 1.82) is 0 Å². The molecular formula is C20H29N3O3S2. The number of aryl methyl sites for hydroxylation is 4. The van der Waals surface area contributed by atoms with Gasteiger partial charge in [-0.25, -0.2) is 9.78 Å². The van der Waals surface area contributed by atoms with Crippen molar-refractivity contribution in [1.82, 2.24) is 15.6 Å². The summed E-state index contributed by atoms with van der Waals surface area (Å²) in [6.45, 7) is 7.84. The van der Waals surface area contributed by atoms with Gasteiger partial charge >= 0.3 is 12.0 Å². The molecule has 0 aromatic carbocycles. The molecule has 0 fully saturated rings. The number of aromatic nitrogens is 1. The van der Waals surface area contributed by atoms with Crippen molar-refractivity contribution in [2.75, 3.05) is 13.1 Å². The highest BCUT2D eigenvalue weighted by molar-refractivity contribution is 7.10. The van der Waals surface area contributed by atoms with Gasteiger partial charge in [0.15, 0.2) is 0 Å². The Morgan fingerprint density at radius 2 is 1.89 bits per heavy atom. The van der Waals surface area contributed by atoms with E-state index in [-0.39, 0.29) is 12.6 Å². The van der Waals surface area contributed by atoms with Crippen LogP contribution in [-0.4, -0.2) is 35.7 Å². The molecule has 2 N–H and O–H groups in total. The van der Waals surface area contributed by atoms with Crippen LogP contribution in [0.1, 0.15) is 48.3 Å². The SMILES string of the molecule is Cc1nc(CCc2cc(CCCNC(=O)NCC(=O)OC(C)(C)C)cs2)cs1. The molecule has 6 nitrogen and oxygen atoms in total. The Morgan fingerprint density at radius 1 is 1.11 bits per heavy atom. The number of thiophene rings is 1. The Kier molecular flexibility index (Phi) is 8.44. The number of hydrogen-bond donors (Lipinski definition) is 2. The van der Waals surface area contributed by atoms with E-state index < -0.39 is 11.6 Å². The lowest BCUT2D eigenvalue weighted by Gasteiger charge is -2.19. The first-order chi connectivity index (χ1) is 13.2. The molecule has 2 aromatic heterocycles. The number of nitrogens with one attached hydrogen (secondary N) is 2. The fraction of sp³-hybridized carbons (Fsp3) is 0.550. The second kappa shape index (κ2) is 10.6. The van der Waals surface area contributed by atoms with E-state index in [1.54, 1.807) is 43.4 Å². The molecule has 0 saturated heterocycles. The Balaban J connectivity index is 1.58. The van der Waals surface area contributed by atoms with Crippen LogP contribution < -0.4 is 10.6 Å². The highest BCUT2D eigenvalue weighted by Gasteiger charge is 2.16. The van der Waals surface area contributed by atoms with Gasteiger partial charge in [-0.3, -0.25) is 4.79 Å². The van der Waals surface area contributed by atoms with Crippen LogP contribution in [0.2, 0.25) is 0 Å². The Morgan fingerprint density at radius 3 is 2.57 bits per heavy atom. The van der Waals surface area contributed by atoms with Crippen LogP contribution in [0.15, 0.2) is 16.8 Å². The zero-order valence-electron chi connectivity index (χ0n) is 17.0. The number of hydrogen-bond acceptors (Lipinski definition) is 6. The molecule has 0 aliphatic rings. The van der Waals surface area contributed by atoms with E-state index in [1.807, 2.05) is 6.92 Å². The summed E-state index contributed by atoms with van der Waals surface area (Å²) in [6.07, 6.45) is 3.75. The Bertz CT molecular complexity index is 778. The van der Waals surface area contributed by atoms with Crippen LogP contribution in [0.25, 0.3) is 0 Å². The second-order valence-electron chi connectivity index (χ2n) is 7.58. The van der Waals surface area contributed by atoms with Gasteiger partial charge in [0.2, 0.25) is 0 Å². The van der Waals surface area contributed by atoms with E-state index in [0.717, 1.165) is 30.7 Å². The summed E-state index contributed by atoms with van der Waals surface area (Å²) >= 11 is 3.47. The zero-order chi connectivity index (χ0) is 20.6. The van der Waals surface area contributed by atoms with Crippen LogP contribution in [0.4, 0.5) is 4.79 Å². The molecule has 0 unspecified atom stereocenters. The van der Waals surface area contributed by atoms with Crippen LogP contribution >= 0.6 is 22.7 Å². The van der Waals surface area contributed by atoms with Gasteiger partial charge in [-0.15, -0.1) is 22.7 Å². The van der Waals surface area contributed by atoms with E-state index in [1.165, 1.54) is 16.1 Å². The molecule has 28 heavy (non-hydrogen) atoms. The van der Waals surface area contributed by atoms with Gasteiger partial charge in [-0.1, -0.05) is 0 Å². The normalized spacial score (nSPS) is 11.3. The van der Waals surface area contributed by atoms with Gasteiger partial charge in [0.1, 0.15) is 12.1 Å². The lowest BCUT2D eigenvalue weighted by atomic mass is 10.1. The average Bonchev–Trinajstić information content (AvgIpc) is 3.22. The maximum absolute atomic E-state index is 11.7. The molecule has 0 aliphatic heterocycles. The average molecular weight is 424 g/mol. The lowest BCUT2D eigenvalue weighted by molar-refractivity contribution is -0.153. The van der Waals surface area contributed by atoms with Crippen LogP contribution in [-0.2, 0) is 28.8 Å². The molecule has 8 heteroatoms. The number of carbonyl (C=O) groups excluding carboxylic acids is 2. The number of rotatable bonds is 9. The predicted molar refractivity (Wildman–Crippen MR) is 114 cm³/mol. The molecule has 154 valence electrons. The summed E-state index contributed by atoms with van der Waals surface area (Å²) in [5.74, 6) is -0.443. The smallest absolute Gasteiger partial charge is 0.325 e. The summed E-state index contributed by atoms with van der Waals surface area (Å²) in [7, 11) is 0. The number of esters is 1. The van der Waals surface area contributed by atoms with Crippen molar-refractivity contribution in [3.05, 3.63) is 38.0 Å². The maximum atomic E-state index is 11.7. The number of thiazole rings is 1.